The molecular weight excluding hydrogens is 198 g/mol. The zero-order valence-corrected chi connectivity index (χ0v) is 10.9. The molecule has 0 aromatic carbocycles. The van der Waals surface area contributed by atoms with Crippen molar-refractivity contribution in [2.45, 2.75) is 58.4 Å². The fourth-order valence-electron chi connectivity index (χ4n) is 2.21. The molecule has 0 saturated carbocycles. The molecule has 1 unspecified atom stereocenters. The topological polar surface area (TPSA) is 21.3 Å². The zero-order chi connectivity index (χ0) is 11.6. The summed E-state index contributed by atoms with van der Waals surface area (Å²) in [5.74, 6) is 0. The average Bonchev–Trinajstić information content (AvgIpc) is 2.34. The number of allylic oxidation sites excluding steroid dienone is 1. The third-order valence-corrected chi connectivity index (χ3v) is 3.10. The molecule has 16 heavy (non-hydrogen) atoms. The summed E-state index contributed by atoms with van der Waals surface area (Å²) in [5.41, 5.74) is 1.64. The van der Waals surface area contributed by atoms with Gasteiger partial charge in [-0.2, -0.15) is 0 Å². The molecule has 0 amide bonds. The second kappa shape index (κ2) is 8.77. The molecule has 0 aliphatic heterocycles. The van der Waals surface area contributed by atoms with Crippen molar-refractivity contribution in [3.05, 3.63) is 11.6 Å². The van der Waals surface area contributed by atoms with Crippen molar-refractivity contribution in [3.8, 4) is 0 Å². The third kappa shape index (κ3) is 5.66. The summed E-state index contributed by atoms with van der Waals surface area (Å²) in [6, 6.07) is 0.518. The molecule has 0 aromatic heterocycles. The molecule has 1 aliphatic rings. The molecule has 0 fully saturated rings. The van der Waals surface area contributed by atoms with E-state index in [1.807, 2.05) is 0 Å². The highest BCUT2D eigenvalue weighted by atomic mass is 16.5. The number of ether oxygens (including phenoxy) is 1. The Bertz CT molecular complexity index is 193. The van der Waals surface area contributed by atoms with E-state index in [1.54, 1.807) is 5.57 Å². The predicted octanol–water partition coefficient (Wildman–Crippen LogP) is 3.28. The highest BCUT2D eigenvalue weighted by molar-refractivity contribution is 5.07. The molecule has 0 aromatic rings. The van der Waals surface area contributed by atoms with Crippen LogP contribution in [0.25, 0.3) is 0 Å². The fraction of sp³-hybridized carbons (Fsp3) is 0.857. The molecular formula is C14H27NO. The van der Waals surface area contributed by atoms with Gasteiger partial charge in [-0.05, 0) is 52.0 Å². The Labute approximate surface area is 100 Å². The van der Waals surface area contributed by atoms with Gasteiger partial charge in [0.2, 0.25) is 0 Å². The van der Waals surface area contributed by atoms with Crippen LogP contribution in [0.3, 0.4) is 0 Å². The van der Waals surface area contributed by atoms with E-state index in [-0.39, 0.29) is 0 Å². The molecule has 94 valence electrons. The van der Waals surface area contributed by atoms with E-state index in [1.165, 1.54) is 38.5 Å². The van der Waals surface area contributed by atoms with Gasteiger partial charge in [0, 0.05) is 12.6 Å². The van der Waals surface area contributed by atoms with Gasteiger partial charge in [0.25, 0.3) is 0 Å². The normalized spacial score (nSPS) is 18.2. The minimum atomic E-state index is 0.518. The number of hydrogen-bond acceptors (Lipinski definition) is 2. The van der Waals surface area contributed by atoms with Gasteiger partial charge in [-0.15, -0.1) is 0 Å². The Morgan fingerprint density at radius 2 is 2.25 bits per heavy atom. The van der Waals surface area contributed by atoms with Crippen molar-refractivity contribution in [2.75, 3.05) is 19.8 Å². The molecule has 0 saturated heterocycles. The first-order chi connectivity index (χ1) is 7.86. The monoisotopic (exact) mass is 225 g/mol. The Morgan fingerprint density at radius 1 is 1.38 bits per heavy atom. The van der Waals surface area contributed by atoms with Crippen molar-refractivity contribution in [1.29, 1.82) is 0 Å². The van der Waals surface area contributed by atoms with E-state index < -0.39 is 0 Å². The summed E-state index contributed by atoms with van der Waals surface area (Å²) in [7, 11) is 0. The highest BCUT2D eigenvalue weighted by Gasteiger charge is 2.12. The summed E-state index contributed by atoms with van der Waals surface area (Å²) in [6.07, 6.45) is 10.2. The lowest BCUT2D eigenvalue weighted by Crippen LogP contribution is -2.34. The Kier molecular flexibility index (Phi) is 7.52. The lowest BCUT2D eigenvalue weighted by molar-refractivity contribution is 0.122. The van der Waals surface area contributed by atoms with Crippen LogP contribution in [0.4, 0.5) is 0 Å². The van der Waals surface area contributed by atoms with Crippen molar-refractivity contribution >= 4 is 0 Å². The van der Waals surface area contributed by atoms with Gasteiger partial charge in [0.1, 0.15) is 0 Å². The van der Waals surface area contributed by atoms with Crippen LogP contribution in [0.5, 0.6) is 0 Å². The quantitative estimate of drug-likeness (QED) is 0.640. The van der Waals surface area contributed by atoms with Crippen LogP contribution in [0.2, 0.25) is 0 Å². The maximum atomic E-state index is 5.54. The first-order valence-corrected chi connectivity index (χ1v) is 6.85. The maximum Gasteiger partial charge on any atom is 0.0622 e. The highest BCUT2D eigenvalue weighted by Crippen LogP contribution is 2.21. The second-order valence-electron chi connectivity index (χ2n) is 4.62. The van der Waals surface area contributed by atoms with Crippen LogP contribution in [0, 0.1) is 0 Å². The first-order valence-electron chi connectivity index (χ1n) is 6.85. The molecule has 1 aliphatic carbocycles. The molecule has 2 nitrogen and oxygen atoms in total. The maximum absolute atomic E-state index is 5.54. The molecule has 0 heterocycles. The van der Waals surface area contributed by atoms with Gasteiger partial charge in [-0.3, -0.25) is 0 Å². The lowest BCUT2D eigenvalue weighted by Gasteiger charge is -2.21. The molecule has 1 atom stereocenters. The molecule has 1 rings (SSSR count). The predicted molar refractivity (Wildman–Crippen MR) is 69.7 cm³/mol. The van der Waals surface area contributed by atoms with Crippen molar-refractivity contribution in [3.63, 3.8) is 0 Å². The standard InChI is InChI=1S/C14H27NO/c1-3-10-15-14(12-16-4-2)11-13-8-6-5-7-9-13/h8,14-15H,3-7,9-12H2,1-2H3. The Hall–Kier alpha value is -0.340. The van der Waals surface area contributed by atoms with E-state index in [2.05, 4.69) is 25.2 Å². The van der Waals surface area contributed by atoms with Crippen LogP contribution in [0.15, 0.2) is 11.6 Å². The Balaban J connectivity index is 2.31. The van der Waals surface area contributed by atoms with Crippen LogP contribution in [-0.4, -0.2) is 25.8 Å². The second-order valence-corrected chi connectivity index (χ2v) is 4.62. The van der Waals surface area contributed by atoms with E-state index in [0.29, 0.717) is 6.04 Å². The SMILES string of the molecule is CCCNC(COCC)CC1=CCCCC1. The van der Waals surface area contributed by atoms with E-state index in [0.717, 1.165) is 19.8 Å². The number of rotatable bonds is 8. The summed E-state index contributed by atoms with van der Waals surface area (Å²) in [6.45, 7) is 7.06. The van der Waals surface area contributed by atoms with Gasteiger partial charge in [0.15, 0.2) is 0 Å². The molecule has 0 spiro atoms. The summed E-state index contributed by atoms with van der Waals surface area (Å²) < 4.78 is 5.54. The smallest absolute Gasteiger partial charge is 0.0622 e. The minimum Gasteiger partial charge on any atom is -0.380 e. The van der Waals surface area contributed by atoms with Gasteiger partial charge in [0.05, 0.1) is 6.61 Å². The largest absolute Gasteiger partial charge is 0.380 e. The number of nitrogens with one attached hydrogen (secondary N) is 1. The Morgan fingerprint density at radius 3 is 2.88 bits per heavy atom. The van der Waals surface area contributed by atoms with Crippen molar-refractivity contribution < 1.29 is 4.74 Å². The summed E-state index contributed by atoms with van der Waals surface area (Å²) in [5, 5.41) is 3.59. The van der Waals surface area contributed by atoms with Gasteiger partial charge >= 0.3 is 0 Å². The van der Waals surface area contributed by atoms with E-state index in [4.69, 9.17) is 4.74 Å². The summed E-state index contributed by atoms with van der Waals surface area (Å²) in [4.78, 5) is 0. The van der Waals surface area contributed by atoms with Gasteiger partial charge < -0.3 is 10.1 Å². The molecule has 1 N–H and O–H groups in total. The third-order valence-electron chi connectivity index (χ3n) is 3.10. The molecule has 2 heteroatoms. The zero-order valence-electron chi connectivity index (χ0n) is 10.9. The van der Waals surface area contributed by atoms with Crippen LogP contribution in [-0.2, 0) is 4.74 Å². The van der Waals surface area contributed by atoms with Gasteiger partial charge in [-0.1, -0.05) is 18.6 Å². The van der Waals surface area contributed by atoms with Crippen LogP contribution in [0.1, 0.15) is 52.4 Å². The minimum absolute atomic E-state index is 0.518. The summed E-state index contributed by atoms with van der Waals surface area (Å²) >= 11 is 0. The van der Waals surface area contributed by atoms with Crippen molar-refractivity contribution in [2.24, 2.45) is 0 Å². The van der Waals surface area contributed by atoms with Crippen LogP contribution >= 0.6 is 0 Å². The molecule has 0 bridgehead atoms. The van der Waals surface area contributed by atoms with Gasteiger partial charge in [-0.25, -0.2) is 0 Å². The first kappa shape index (κ1) is 13.7. The lowest BCUT2D eigenvalue weighted by atomic mass is 9.94. The molecule has 0 radical (unpaired) electrons. The average molecular weight is 225 g/mol. The van der Waals surface area contributed by atoms with Crippen LogP contribution < -0.4 is 5.32 Å². The number of hydrogen-bond donors (Lipinski definition) is 1. The van der Waals surface area contributed by atoms with Crippen molar-refractivity contribution in [1.82, 2.24) is 5.32 Å². The van der Waals surface area contributed by atoms with E-state index in [9.17, 15) is 0 Å². The van der Waals surface area contributed by atoms with E-state index >= 15 is 0 Å². The fourth-order valence-corrected chi connectivity index (χ4v) is 2.21.